The van der Waals surface area contributed by atoms with Gasteiger partial charge >= 0.3 is 5.95 Å². The lowest BCUT2D eigenvalue weighted by Crippen LogP contribution is -2.18. The van der Waals surface area contributed by atoms with Crippen LogP contribution in [-0.2, 0) is 0 Å². The molecule has 0 aromatic rings. The fourth-order valence-corrected chi connectivity index (χ4v) is 2.60. The second kappa shape index (κ2) is 6.10. The normalized spacial score (nSPS) is 15.2. The molecule has 12 heavy (non-hydrogen) atoms. The highest BCUT2D eigenvalue weighted by atomic mass is 79.9. The first kappa shape index (κ1) is 12.6. The van der Waals surface area contributed by atoms with Crippen LogP contribution in [0.5, 0.6) is 0 Å². The summed E-state index contributed by atoms with van der Waals surface area (Å²) in [6, 6.07) is 0. The standard InChI is InChI=1S/C6H9Br3O3/c7-2-1-3(8)4(9)5(10)6(11)12/h3-4,10-12H,1-2H2. The summed E-state index contributed by atoms with van der Waals surface area (Å²) < 4.78 is 0. The molecule has 0 heterocycles. The molecule has 0 aromatic heterocycles. The highest BCUT2D eigenvalue weighted by molar-refractivity contribution is 9.12. The van der Waals surface area contributed by atoms with E-state index in [9.17, 15) is 0 Å². The van der Waals surface area contributed by atoms with Crippen molar-refractivity contribution in [3.63, 3.8) is 0 Å². The summed E-state index contributed by atoms with van der Waals surface area (Å²) in [7, 11) is 0. The van der Waals surface area contributed by atoms with Gasteiger partial charge in [-0.05, 0) is 6.42 Å². The van der Waals surface area contributed by atoms with Gasteiger partial charge in [-0.15, -0.1) is 0 Å². The zero-order valence-electron chi connectivity index (χ0n) is 6.04. The molecule has 2 atom stereocenters. The quantitative estimate of drug-likeness (QED) is 0.527. The molecule has 3 nitrogen and oxygen atoms in total. The van der Waals surface area contributed by atoms with Gasteiger partial charge in [0.1, 0.15) is 0 Å². The van der Waals surface area contributed by atoms with Crippen molar-refractivity contribution in [3.05, 3.63) is 11.7 Å². The number of allylic oxidation sites excluding steroid dienone is 1. The minimum Gasteiger partial charge on any atom is -0.505 e. The van der Waals surface area contributed by atoms with Crippen LogP contribution in [0.25, 0.3) is 0 Å². The molecular formula is C6H9Br3O3. The fraction of sp³-hybridized carbons (Fsp3) is 0.667. The lowest BCUT2D eigenvalue weighted by Gasteiger charge is -2.14. The molecule has 0 aliphatic rings. The number of aliphatic hydroxyl groups is 3. The first-order chi connectivity index (χ1) is 5.50. The molecule has 0 amide bonds. The molecule has 0 aliphatic carbocycles. The van der Waals surface area contributed by atoms with Gasteiger partial charge in [-0.1, -0.05) is 47.8 Å². The Morgan fingerprint density at radius 2 is 1.67 bits per heavy atom. The van der Waals surface area contributed by atoms with E-state index in [1.54, 1.807) is 0 Å². The zero-order valence-corrected chi connectivity index (χ0v) is 10.8. The van der Waals surface area contributed by atoms with E-state index in [4.69, 9.17) is 15.3 Å². The van der Waals surface area contributed by atoms with Crippen molar-refractivity contribution in [2.45, 2.75) is 16.1 Å². The van der Waals surface area contributed by atoms with Crippen molar-refractivity contribution in [3.8, 4) is 0 Å². The van der Waals surface area contributed by atoms with Gasteiger partial charge in [-0.25, -0.2) is 0 Å². The largest absolute Gasteiger partial charge is 0.505 e. The molecule has 72 valence electrons. The molecular weight excluding hydrogens is 360 g/mol. The van der Waals surface area contributed by atoms with E-state index in [1.807, 2.05) is 0 Å². The van der Waals surface area contributed by atoms with Crippen LogP contribution in [0.3, 0.4) is 0 Å². The minimum atomic E-state index is -1.05. The fourth-order valence-electron chi connectivity index (χ4n) is 0.545. The Morgan fingerprint density at radius 1 is 1.17 bits per heavy atom. The van der Waals surface area contributed by atoms with Gasteiger partial charge in [-0.2, -0.15) is 0 Å². The van der Waals surface area contributed by atoms with Crippen LogP contribution >= 0.6 is 47.8 Å². The van der Waals surface area contributed by atoms with Crippen LogP contribution in [0.1, 0.15) is 6.42 Å². The summed E-state index contributed by atoms with van der Waals surface area (Å²) in [4.78, 5) is -0.536. The molecule has 0 radical (unpaired) electrons. The van der Waals surface area contributed by atoms with E-state index in [0.29, 0.717) is 0 Å². The Kier molecular flexibility index (Phi) is 6.39. The SMILES string of the molecule is OC(O)=C(O)C(Br)C(Br)CCBr. The molecule has 0 spiro atoms. The predicted octanol–water partition coefficient (Wildman–Crippen LogP) is 3.14. The van der Waals surface area contributed by atoms with Crippen LogP contribution in [0.15, 0.2) is 11.7 Å². The van der Waals surface area contributed by atoms with Gasteiger partial charge < -0.3 is 15.3 Å². The van der Waals surface area contributed by atoms with Crippen molar-refractivity contribution in [2.75, 3.05) is 5.33 Å². The summed E-state index contributed by atoms with van der Waals surface area (Å²) >= 11 is 9.62. The maximum Gasteiger partial charge on any atom is 0.314 e. The molecule has 0 bridgehead atoms. The average molecular weight is 369 g/mol. The summed E-state index contributed by atoms with van der Waals surface area (Å²) in [6.07, 6.45) is 0.757. The number of alkyl halides is 3. The Bertz CT molecular complexity index is 167. The van der Waals surface area contributed by atoms with E-state index >= 15 is 0 Å². The number of halogens is 3. The third-order valence-corrected chi connectivity index (χ3v) is 4.42. The van der Waals surface area contributed by atoms with Crippen molar-refractivity contribution in [2.24, 2.45) is 0 Å². The number of hydrogen-bond acceptors (Lipinski definition) is 3. The smallest absolute Gasteiger partial charge is 0.314 e. The van der Waals surface area contributed by atoms with E-state index < -0.39 is 16.5 Å². The first-order valence-corrected chi connectivity index (χ1v) is 6.11. The molecule has 6 heteroatoms. The second-order valence-corrected chi connectivity index (χ2v) is 5.06. The summed E-state index contributed by atoms with van der Waals surface area (Å²) in [5.74, 6) is -1.51. The molecule has 0 rings (SSSR count). The minimum absolute atomic E-state index is 0.0498. The molecule has 2 unspecified atom stereocenters. The van der Waals surface area contributed by atoms with E-state index in [1.165, 1.54) is 0 Å². The highest BCUT2D eigenvalue weighted by Crippen LogP contribution is 2.24. The maximum atomic E-state index is 9.08. The van der Waals surface area contributed by atoms with E-state index in [-0.39, 0.29) is 4.83 Å². The van der Waals surface area contributed by atoms with Crippen molar-refractivity contribution < 1.29 is 15.3 Å². The molecule has 0 aliphatic heterocycles. The van der Waals surface area contributed by atoms with Gasteiger partial charge in [0.2, 0.25) is 0 Å². The Morgan fingerprint density at radius 3 is 2.00 bits per heavy atom. The topological polar surface area (TPSA) is 60.7 Å². The zero-order chi connectivity index (χ0) is 9.72. The van der Waals surface area contributed by atoms with Crippen LogP contribution < -0.4 is 0 Å². The number of hydrogen-bond donors (Lipinski definition) is 3. The third-order valence-electron chi connectivity index (χ3n) is 1.19. The first-order valence-electron chi connectivity index (χ1n) is 3.15. The molecule has 0 saturated heterocycles. The van der Waals surface area contributed by atoms with Crippen LogP contribution in [0.2, 0.25) is 0 Å². The van der Waals surface area contributed by atoms with Crippen molar-refractivity contribution in [1.82, 2.24) is 0 Å². The molecule has 0 saturated carbocycles. The molecule has 0 aromatic carbocycles. The van der Waals surface area contributed by atoms with Gasteiger partial charge in [0.15, 0.2) is 5.76 Å². The predicted molar refractivity (Wildman–Crippen MR) is 58.8 cm³/mol. The Hall–Kier alpha value is 0.580. The van der Waals surface area contributed by atoms with Gasteiger partial charge in [-0.3, -0.25) is 0 Å². The van der Waals surface area contributed by atoms with E-state index in [2.05, 4.69) is 47.8 Å². The van der Waals surface area contributed by atoms with Gasteiger partial charge in [0.25, 0.3) is 0 Å². The van der Waals surface area contributed by atoms with Crippen LogP contribution in [0, 0.1) is 0 Å². The highest BCUT2D eigenvalue weighted by Gasteiger charge is 2.22. The second-order valence-electron chi connectivity index (χ2n) is 2.10. The third kappa shape index (κ3) is 4.00. The van der Waals surface area contributed by atoms with Gasteiger partial charge in [0, 0.05) is 10.2 Å². The molecule has 0 fully saturated rings. The maximum absolute atomic E-state index is 9.08. The molecule has 3 N–H and O–H groups in total. The summed E-state index contributed by atoms with van der Waals surface area (Å²) in [5.41, 5.74) is 0. The van der Waals surface area contributed by atoms with Crippen molar-refractivity contribution >= 4 is 47.8 Å². The van der Waals surface area contributed by atoms with E-state index in [0.717, 1.165) is 11.8 Å². The number of rotatable bonds is 4. The van der Waals surface area contributed by atoms with Crippen LogP contribution in [0.4, 0.5) is 0 Å². The lowest BCUT2D eigenvalue weighted by molar-refractivity contribution is 0.155. The Balaban J connectivity index is 4.19. The van der Waals surface area contributed by atoms with Crippen molar-refractivity contribution in [1.29, 1.82) is 0 Å². The lowest BCUT2D eigenvalue weighted by atomic mass is 10.2. The monoisotopic (exact) mass is 366 g/mol. The number of aliphatic hydroxyl groups excluding tert-OH is 2. The summed E-state index contributed by atoms with van der Waals surface area (Å²) in [5, 5.41) is 26.9. The Labute approximate surface area is 95.9 Å². The summed E-state index contributed by atoms with van der Waals surface area (Å²) in [6.45, 7) is 0. The van der Waals surface area contributed by atoms with Gasteiger partial charge in [0.05, 0.1) is 4.83 Å². The average Bonchev–Trinajstić information content (AvgIpc) is 2.02. The van der Waals surface area contributed by atoms with Crippen LogP contribution in [-0.4, -0.2) is 30.3 Å².